The standard InChI is InChI=1S/C19H22N2O5S/c22-27(23,17-5-6-18-19(13-17)26-14-25-18)20-8-7-15-1-3-16(4-2-15)21-9-11-24-12-10-21/h1-6,13,20H,7-12,14H2. The van der Waals surface area contributed by atoms with Crippen molar-refractivity contribution in [2.45, 2.75) is 11.3 Å². The molecule has 8 heteroatoms. The number of rotatable bonds is 6. The van der Waals surface area contributed by atoms with Crippen LogP contribution in [-0.4, -0.2) is 48.1 Å². The molecular weight excluding hydrogens is 368 g/mol. The Morgan fingerprint density at radius 3 is 2.48 bits per heavy atom. The van der Waals surface area contributed by atoms with E-state index in [1.54, 1.807) is 6.07 Å². The van der Waals surface area contributed by atoms with Crippen LogP contribution in [0.2, 0.25) is 0 Å². The Morgan fingerprint density at radius 1 is 0.963 bits per heavy atom. The second-order valence-electron chi connectivity index (χ2n) is 6.43. The van der Waals surface area contributed by atoms with Crippen LogP contribution in [0.25, 0.3) is 0 Å². The largest absolute Gasteiger partial charge is 0.454 e. The van der Waals surface area contributed by atoms with Crippen LogP contribution in [0.3, 0.4) is 0 Å². The van der Waals surface area contributed by atoms with Gasteiger partial charge in [0.15, 0.2) is 11.5 Å². The average Bonchev–Trinajstić information content (AvgIpc) is 3.17. The first-order valence-corrected chi connectivity index (χ1v) is 10.4. The lowest BCUT2D eigenvalue weighted by molar-refractivity contribution is 0.122. The maximum absolute atomic E-state index is 12.5. The second-order valence-corrected chi connectivity index (χ2v) is 8.20. The Morgan fingerprint density at radius 2 is 1.70 bits per heavy atom. The third-order valence-electron chi connectivity index (χ3n) is 4.67. The molecule has 0 spiro atoms. The fraction of sp³-hybridized carbons (Fsp3) is 0.368. The molecule has 0 amide bonds. The number of sulfonamides is 1. The first kappa shape index (κ1) is 18.1. The highest BCUT2D eigenvalue weighted by Crippen LogP contribution is 2.33. The van der Waals surface area contributed by atoms with E-state index < -0.39 is 10.0 Å². The molecular formula is C19H22N2O5S. The zero-order valence-corrected chi connectivity index (χ0v) is 15.7. The van der Waals surface area contributed by atoms with Crippen molar-refractivity contribution in [1.82, 2.24) is 4.72 Å². The average molecular weight is 390 g/mol. The van der Waals surface area contributed by atoms with Crippen LogP contribution in [0.1, 0.15) is 5.56 Å². The van der Waals surface area contributed by atoms with Crippen LogP contribution in [0.4, 0.5) is 5.69 Å². The van der Waals surface area contributed by atoms with Crippen molar-refractivity contribution in [2.24, 2.45) is 0 Å². The van der Waals surface area contributed by atoms with Crippen molar-refractivity contribution < 1.29 is 22.6 Å². The molecule has 1 N–H and O–H groups in total. The number of hydrogen-bond donors (Lipinski definition) is 1. The first-order chi connectivity index (χ1) is 13.1. The minimum atomic E-state index is -3.58. The van der Waals surface area contributed by atoms with E-state index in [-0.39, 0.29) is 11.7 Å². The topological polar surface area (TPSA) is 77.1 Å². The maximum atomic E-state index is 12.5. The monoisotopic (exact) mass is 390 g/mol. The van der Waals surface area contributed by atoms with E-state index in [9.17, 15) is 8.42 Å². The first-order valence-electron chi connectivity index (χ1n) is 8.93. The van der Waals surface area contributed by atoms with Gasteiger partial charge in [0.2, 0.25) is 16.8 Å². The molecule has 0 aromatic heterocycles. The SMILES string of the molecule is O=S(=O)(NCCc1ccc(N2CCOCC2)cc1)c1ccc2c(c1)OCO2. The molecule has 2 heterocycles. The fourth-order valence-corrected chi connectivity index (χ4v) is 4.20. The maximum Gasteiger partial charge on any atom is 0.240 e. The number of hydrogen-bond acceptors (Lipinski definition) is 6. The van der Waals surface area contributed by atoms with Gasteiger partial charge < -0.3 is 19.1 Å². The molecule has 2 aliphatic heterocycles. The smallest absolute Gasteiger partial charge is 0.240 e. The van der Waals surface area contributed by atoms with Crippen LogP contribution in [0, 0.1) is 0 Å². The van der Waals surface area contributed by atoms with Crippen LogP contribution >= 0.6 is 0 Å². The lowest BCUT2D eigenvalue weighted by Gasteiger charge is -2.28. The summed E-state index contributed by atoms with van der Waals surface area (Å²) in [6, 6.07) is 12.9. The van der Waals surface area contributed by atoms with Gasteiger partial charge in [-0.25, -0.2) is 13.1 Å². The summed E-state index contributed by atoms with van der Waals surface area (Å²) in [5.41, 5.74) is 2.25. The summed E-state index contributed by atoms with van der Waals surface area (Å²) >= 11 is 0. The molecule has 0 saturated carbocycles. The summed E-state index contributed by atoms with van der Waals surface area (Å²) < 4.78 is 43.4. The Hall–Kier alpha value is -2.29. The lowest BCUT2D eigenvalue weighted by Crippen LogP contribution is -2.36. The number of morpholine rings is 1. The summed E-state index contributed by atoms with van der Waals surface area (Å²) in [5.74, 6) is 1.02. The Kier molecular flexibility index (Phi) is 5.20. The summed E-state index contributed by atoms with van der Waals surface area (Å²) in [4.78, 5) is 2.46. The van der Waals surface area contributed by atoms with Gasteiger partial charge in [-0.2, -0.15) is 0 Å². The molecule has 1 fully saturated rings. The van der Waals surface area contributed by atoms with Gasteiger partial charge in [-0.1, -0.05) is 12.1 Å². The molecule has 144 valence electrons. The summed E-state index contributed by atoms with van der Waals surface area (Å²) in [6.45, 7) is 3.75. The third kappa shape index (κ3) is 4.18. The number of ether oxygens (including phenoxy) is 3. The van der Waals surface area contributed by atoms with Gasteiger partial charge in [0.25, 0.3) is 0 Å². The second kappa shape index (κ2) is 7.75. The van der Waals surface area contributed by atoms with Crippen molar-refractivity contribution in [3.8, 4) is 11.5 Å². The van der Waals surface area contributed by atoms with Gasteiger partial charge in [-0.3, -0.25) is 0 Å². The predicted molar refractivity (Wildman–Crippen MR) is 101 cm³/mol. The zero-order valence-electron chi connectivity index (χ0n) is 14.9. The van der Waals surface area contributed by atoms with Crippen LogP contribution in [0.5, 0.6) is 11.5 Å². The molecule has 7 nitrogen and oxygen atoms in total. The predicted octanol–water partition coefficient (Wildman–Crippen LogP) is 1.77. The summed E-state index contributed by atoms with van der Waals surface area (Å²) in [7, 11) is -3.58. The normalized spacial score (nSPS) is 16.5. The van der Waals surface area contributed by atoms with Crippen LogP contribution in [0.15, 0.2) is 47.4 Å². The van der Waals surface area contributed by atoms with E-state index in [1.165, 1.54) is 17.8 Å². The van der Waals surface area contributed by atoms with Gasteiger partial charge in [0.05, 0.1) is 18.1 Å². The Balaban J connectivity index is 1.33. The van der Waals surface area contributed by atoms with Gasteiger partial charge >= 0.3 is 0 Å². The highest BCUT2D eigenvalue weighted by atomic mass is 32.2. The van der Waals surface area contributed by atoms with Gasteiger partial charge in [0.1, 0.15) is 0 Å². The molecule has 2 aliphatic rings. The highest BCUT2D eigenvalue weighted by molar-refractivity contribution is 7.89. The van der Waals surface area contributed by atoms with Crippen LogP contribution < -0.4 is 19.1 Å². The van der Waals surface area contributed by atoms with E-state index in [0.29, 0.717) is 24.5 Å². The molecule has 27 heavy (non-hydrogen) atoms. The number of fused-ring (bicyclic) bond motifs is 1. The number of nitrogens with one attached hydrogen (secondary N) is 1. The van der Waals surface area contributed by atoms with E-state index in [1.807, 2.05) is 12.1 Å². The Bertz CT molecular complexity index is 893. The van der Waals surface area contributed by atoms with E-state index in [0.717, 1.165) is 31.9 Å². The number of benzene rings is 2. The van der Waals surface area contributed by atoms with E-state index in [4.69, 9.17) is 14.2 Å². The molecule has 0 radical (unpaired) electrons. The van der Waals surface area contributed by atoms with Gasteiger partial charge in [-0.15, -0.1) is 0 Å². The van der Waals surface area contributed by atoms with Crippen molar-refractivity contribution >= 4 is 15.7 Å². The zero-order chi connectivity index (χ0) is 18.7. The quantitative estimate of drug-likeness (QED) is 0.810. The fourth-order valence-electron chi connectivity index (χ4n) is 3.15. The molecule has 0 unspecified atom stereocenters. The highest BCUT2D eigenvalue weighted by Gasteiger charge is 2.20. The van der Waals surface area contributed by atoms with Gasteiger partial charge in [0, 0.05) is 31.4 Å². The number of nitrogens with zero attached hydrogens (tertiary/aromatic N) is 1. The molecule has 2 aromatic rings. The Labute approximate surface area is 158 Å². The van der Waals surface area contributed by atoms with Crippen molar-refractivity contribution in [2.75, 3.05) is 44.5 Å². The molecule has 2 aromatic carbocycles. The number of anilines is 1. The minimum absolute atomic E-state index is 0.118. The lowest BCUT2D eigenvalue weighted by atomic mass is 10.1. The van der Waals surface area contributed by atoms with Crippen molar-refractivity contribution in [3.63, 3.8) is 0 Å². The van der Waals surface area contributed by atoms with Crippen LogP contribution in [-0.2, 0) is 21.2 Å². The molecule has 1 saturated heterocycles. The van der Waals surface area contributed by atoms with E-state index >= 15 is 0 Å². The molecule has 0 atom stereocenters. The van der Waals surface area contributed by atoms with Crippen molar-refractivity contribution in [3.05, 3.63) is 48.0 Å². The molecule has 0 bridgehead atoms. The van der Waals surface area contributed by atoms with E-state index in [2.05, 4.69) is 21.8 Å². The summed E-state index contributed by atoms with van der Waals surface area (Å²) in [5, 5.41) is 0. The molecule has 4 rings (SSSR count). The third-order valence-corrected chi connectivity index (χ3v) is 6.13. The van der Waals surface area contributed by atoms with Gasteiger partial charge in [-0.05, 0) is 36.2 Å². The molecule has 0 aliphatic carbocycles. The summed E-state index contributed by atoms with van der Waals surface area (Å²) in [6.07, 6.45) is 0.618. The van der Waals surface area contributed by atoms with Crippen molar-refractivity contribution in [1.29, 1.82) is 0 Å². The minimum Gasteiger partial charge on any atom is -0.454 e.